The summed E-state index contributed by atoms with van der Waals surface area (Å²) < 4.78 is 23.6. The maximum absolute atomic E-state index is 7.12. The number of ether oxygens (including phenoxy) is 3. The summed E-state index contributed by atoms with van der Waals surface area (Å²) in [7, 11) is 3.33. The van der Waals surface area contributed by atoms with Gasteiger partial charge in [-0.3, -0.25) is 0 Å². The number of halogens is 1. The Bertz CT molecular complexity index is 2100. The first-order valence-corrected chi connectivity index (χ1v) is 16.1. The molecule has 0 bridgehead atoms. The SMILES string of the molecule is COc1ccc2c(c1)OC(c1ccccc1)=C/C2=C\C=C1/CCCC(/C=C/c2cc(-c3ccccc3)[o+]c3cc(OC)ccc23)=C1Cl. The van der Waals surface area contributed by atoms with E-state index in [0.29, 0.717) is 0 Å². The van der Waals surface area contributed by atoms with E-state index in [1.54, 1.807) is 14.2 Å². The lowest BCUT2D eigenvalue weighted by atomic mass is 9.92. The van der Waals surface area contributed by atoms with Crippen LogP contribution in [0.3, 0.4) is 0 Å². The highest BCUT2D eigenvalue weighted by atomic mass is 35.5. The van der Waals surface area contributed by atoms with Crippen LogP contribution in [0.25, 0.3) is 39.7 Å². The summed E-state index contributed by atoms with van der Waals surface area (Å²) in [5, 5.41) is 1.80. The van der Waals surface area contributed by atoms with Gasteiger partial charge >= 0.3 is 11.3 Å². The first-order chi connectivity index (χ1) is 23.1. The highest BCUT2D eigenvalue weighted by Crippen LogP contribution is 2.40. The summed E-state index contributed by atoms with van der Waals surface area (Å²) in [6.07, 6.45) is 13.5. The van der Waals surface area contributed by atoms with Crippen LogP contribution in [0, 0.1) is 0 Å². The van der Waals surface area contributed by atoms with E-state index in [9.17, 15) is 0 Å². The number of methoxy groups -OCH3 is 2. The predicted octanol–water partition coefficient (Wildman–Crippen LogP) is 11.5. The average molecular weight is 638 g/mol. The van der Waals surface area contributed by atoms with Crippen molar-refractivity contribution in [3.8, 4) is 28.6 Å². The monoisotopic (exact) mass is 637 g/mol. The third-order valence-corrected chi connectivity index (χ3v) is 9.00. The molecule has 232 valence electrons. The van der Waals surface area contributed by atoms with Crippen molar-refractivity contribution in [1.29, 1.82) is 0 Å². The molecule has 5 aromatic rings. The zero-order chi connectivity index (χ0) is 32.2. The lowest BCUT2D eigenvalue weighted by Gasteiger charge is -2.21. The average Bonchev–Trinajstić information content (AvgIpc) is 3.13. The van der Waals surface area contributed by atoms with Crippen molar-refractivity contribution >= 4 is 40.0 Å². The molecule has 1 aliphatic carbocycles. The number of hydrogen-bond donors (Lipinski definition) is 0. The minimum atomic E-state index is 0.750. The van der Waals surface area contributed by atoms with E-state index in [2.05, 4.69) is 60.7 Å². The van der Waals surface area contributed by atoms with E-state index in [0.717, 1.165) is 103 Å². The van der Waals surface area contributed by atoms with Gasteiger partial charge in [0.15, 0.2) is 0 Å². The Morgan fingerprint density at radius 2 is 1.47 bits per heavy atom. The Morgan fingerprint density at radius 3 is 2.23 bits per heavy atom. The Morgan fingerprint density at radius 1 is 0.745 bits per heavy atom. The van der Waals surface area contributed by atoms with Crippen molar-refractivity contribution in [2.24, 2.45) is 0 Å². The lowest BCUT2D eigenvalue weighted by Crippen LogP contribution is -2.04. The number of fused-ring (bicyclic) bond motifs is 2. The fourth-order valence-electron chi connectivity index (χ4n) is 5.99. The minimum absolute atomic E-state index is 0.750. The number of hydrogen-bond acceptors (Lipinski definition) is 3. The van der Waals surface area contributed by atoms with Gasteiger partial charge in [0.05, 0.1) is 37.3 Å². The standard InChI is InChI=1S/C42H34ClO4/c1-44-34-20-22-36-32(24-38(46-40(36)26-34)28-10-5-3-6-11-28)18-16-30-14-9-15-31(42(30)43)17-19-33-25-39(29-12-7-4-8-13-29)47-41-27-35(45-2)21-23-37(33)41/h3-8,10-13,16-27H,9,14-15H2,1-2H3/q+1. The molecule has 1 aliphatic heterocycles. The fourth-order valence-corrected chi connectivity index (χ4v) is 6.31. The number of benzene rings is 4. The van der Waals surface area contributed by atoms with Gasteiger partial charge in [-0.15, -0.1) is 0 Å². The molecule has 47 heavy (non-hydrogen) atoms. The molecule has 5 heteroatoms. The van der Waals surface area contributed by atoms with Gasteiger partial charge in [-0.05, 0) is 78.5 Å². The highest BCUT2D eigenvalue weighted by molar-refractivity contribution is 6.32. The molecule has 0 unspecified atom stereocenters. The third-order valence-electron chi connectivity index (χ3n) is 8.51. The molecule has 0 spiro atoms. The van der Waals surface area contributed by atoms with Crippen LogP contribution >= 0.6 is 11.6 Å². The molecular formula is C42H34ClO4+. The second-order valence-corrected chi connectivity index (χ2v) is 11.9. The molecule has 4 aromatic carbocycles. The molecule has 7 rings (SSSR count). The second kappa shape index (κ2) is 13.6. The van der Waals surface area contributed by atoms with Crippen molar-refractivity contribution in [2.45, 2.75) is 19.3 Å². The van der Waals surface area contributed by atoms with Crippen LogP contribution in [-0.4, -0.2) is 14.2 Å². The molecule has 0 saturated carbocycles. The quantitative estimate of drug-likeness (QED) is 0.166. The summed E-state index contributed by atoms with van der Waals surface area (Å²) in [4.78, 5) is 0. The zero-order valence-electron chi connectivity index (χ0n) is 26.3. The van der Waals surface area contributed by atoms with Crippen molar-refractivity contribution < 1.29 is 18.6 Å². The second-order valence-electron chi connectivity index (χ2n) is 11.5. The first-order valence-electron chi connectivity index (χ1n) is 15.7. The van der Waals surface area contributed by atoms with Gasteiger partial charge in [0.25, 0.3) is 0 Å². The topological polar surface area (TPSA) is 39.0 Å². The van der Waals surface area contributed by atoms with Crippen molar-refractivity contribution in [1.82, 2.24) is 0 Å². The van der Waals surface area contributed by atoms with Crippen molar-refractivity contribution in [2.75, 3.05) is 14.2 Å². The molecule has 0 radical (unpaired) electrons. The van der Waals surface area contributed by atoms with Crippen molar-refractivity contribution in [3.63, 3.8) is 0 Å². The zero-order valence-corrected chi connectivity index (χ0v) is 27.1. The first kappa shape index (κ1) is 30.3. The van der Waals surface area contributed by atoms with Gasteiger partial charge in [-0.1, -0.05) is 84.4 Å². The molecular weight excluding hydrogens is 604 g/mol. The van der Waals surface area contributed by atoms with Gasteiger partial charge in [-0.25, -0.2) is 4.42 Å². The molecule has 0 fully saturated rings. The minimum Gasteiger partial charge on any atom is -0.497 e. The Kier molecular flexibility index (Phi) is 8.77. The van der Waals surface area contributed by atoms with Gasteiger partial charge in [-0.2, -0.15) is 0 Å². The Labute approximate surface area is 280 Å². The number of allylic oxidation sites excluding steroid dienone is 8. The van der Waals surface area contributed by atoms with Crippen molar-refractivity contribution in [3.05, 3.63) is 160 Å². The van der Waals surface area contributed by atoms with Gasteiger partial charge in [0, 0.05) is 27.8 Å². The molecule has 0 amide bonds. The summed E-state index contributed by atoms with van der Waals surface area (Å²) in [5.74, 6) is 3.85. The van der Waals surface area contributed by atoms with Gasteiger partial charge in [0.2, 0.25) is 0 Å². The van der Waals surface area contributed by atoms with Crippen LogP contribution in [0.4, 0.5) is 0 Å². The highest BCUT2D eigenvalue weighted by Gasteiger charge is 2.21. The van der Waals surface area contributed by atoms with Crippen LogP contribution in [0.5, 0.6) is 17.2 Å². The van der Waals surface area contributed by atoms with Crippen LogP contribution in [-0.2, 0) is 0 Å². The largest absolute Gasteiger partial charge is 0.497 e. The molecule has 1 aromatic heterocycles. The molecule has 0 atom stereocenters. The fraction of sp³-hybridized carbons (Fsp3) is 0.119. The molecule has 0 saturated heterocycles. The molecule has 0 N–H and O–H groups in total. The summed E-state index contributed by atoms with van der Waals surface area (Å²) >= 11 is 7.12. The van der Waals surface area contributed by atoms with E-state index in [1.165, 1.54) is 0 Å². The molecule has 4 nitrogen and oxygen atoms in total. The van der Waals surface area contributed by atoms with Gasteiger partial charge < -0.3 is 14.2 Å². The summed E-state index contributed by atoms with van der Waals surface area (Å²) in [6.45, 7) is 0. The van der Waals surface area contributed by atoms with E-state index < -0.39 is 0 Å². The van der Waals surface area contributed by atoms with E-state index >= 15 is 0 Å². The molecule has 2 heterocycles. The van der Waals surface area contributed by atoms with Crippen LogP contribution in [0.2, 0.25) is 0 Å². The maximum Gasteiger partial charge on any atom is 0.365 e. The van der Waals surface area contributed by atoms with Crippen LogP contribution in [0.1, 0.15) is 36.0 Å². The normalized spacial score (nSPS) is 16.4. The van der Waals surface area contributed by atoms with Crippen LogP contribution < -0.4 is 14.2 Å². The van der Waals surface area contributed by atoms with E-state index in [1.807, 2.05) is 72.8 Å². The van der Waals surface area contributed by atoms with E-state index in [-0.39, 0.29) is 0 Å². The third kappa shape index (κ3) is 6.51. The Hall–Kier alpha value is -5.32. The van der Waals surface area contributed by atoms with Crippen LogP contribution in [0.15, 0.2) is 148 Å². The molecule has 2 aliphatic rings. The van der Waals surface area contributed by atoms with Gasteiger partial charge in [0.1, 0.15) is 23.0 Å². The summed E-state index contributed by atoms with van der Waals surface area (Å²) in [6, 6.07) is 34.2. The maximum atomic E-state index is 7.12. The van der Waals surface area contributed by atoms with E-state index in [4.69, 9.17) is 30.2 Å². The summed E-state index contributed by atoms with van der Waals surface area (Å²) in [5.41, 5.74) is 8.12. The Balaban J connectivity index is 1.25. The lowest BCUT2D eigenvalue weighted by molar-refractivity contribution is 0.410. The predicted molar refractivity (Wildman–Crippen MR) is 192 cm³/mol. The smallest absolute Gasteiger partial charge is 0.365 e. The number of rotatable bonds is 7.